The molecule has 0 saturated carbocycles. The monoisotopic (exact) mass is 208 g/mol. The number of hydrogen-bond acceptors (Lipinski definition) is 4. The molecule has 0 amide bonds. The lowest BCUT2D eigenvalue weighted by atomic mass is 10.1. The highest BCUT2D eigenvalue weighted by Crippen LogP contribution is 2.25. The number of benzene rings is 1. The molecule has 0 radical (unpaired) electrons. The van der Waals surface area contributed by atoms with Gasteiger partial charge in [0.15, 0.2) is 12.6 Å². The van der Waals surface area contributed by atoms with E-state index in [0.29, 0.717) is 6.29 Å². The molecule has 4 nitrogen and oxygen atoms in total. The molecular weight excluding hydrogens is 196 g/mol. The molecule has 1 N–H and O–H groups in total. The molecule has 0 spiro atoms. The molecule has 4 heteroatoms. The van der Waals surface area contributed by atoms with E-state index in [9.17, 15) is 9.90 Å². The van der Waals surface area contributed by atoms with Crippen LogP contribution in [0.15, 0.2) is 30.3 Å². The first-order valence-corrected chi connectivity index (χ1v) is 4.76. The van der Waals surface area contributed by atoms with Crippen LogP contribution in [0.5, 0.6) is 0 Å². The Morgan fingerprint density at radius 1 is 1.33 bits per heavy atom. The first-order valence-electron chi connectivity index (χ1n) is 4.76. The summed E-state index contributed by atoms with van der Waals surface area (Å²) in [4.78, 5) is 10.6. The van der Waals surface area contributed by atoms with Crippen molar-refractivity contribution in [2.24, 2.45) is 0 Å². The standard InChI is InChI=1S/C11H12O4/c12-6-10-9(13)7-14-11(15-10)8-4-2-1-3-5-8/h1-6,9-11,13H,7H2/t9-,10-,11+/m1/s1. The maximum Gasteiger partial charge on any atom is 0.184 e. The molecular formula is C11H12O4. The summed E-state index contributed by atoms with van der Waals surface area (Å²) in [5.74, 6) is 0. The molecule has 1 aromatic rings. The largest absolute Gasteiger partial charge is 0.388 e. The fourth-order valence-corrected chi connectivity index (χ4v) is 1.46. The minimum atomic E-state index is -0.873. The second kappa shape index (κ2) is 4.53. The highest BCUT2D eigenvalue weighted by atomic mass is 16.7. The number of carbonyl (C=O) groups is 1. The van der Waals surface area contributed by atoms with Gasteiger partial charge in [0.2, 0.25) is 0 Å². The van der Waals surface area contributed by atoms with Crippen molar-refractivity contribution in [2.75, 3.05) is 6.61 Å². The Morgan fingerprint density at radius 3 is 2.73 bits per heavy atom. The molecule has 0 bridgehead atoms. The average Bonchev–Trinajstić information content (AvgIpc) is 2.31. The van der Waals surface area contributed by atoms with Crippen LogP contribution in [-0.4, -0.2) is 30.2 Å². The number of ether oxygens (including phenoxy) is 2. The minimum Gasteiger partial charge on any atom is -0.388 e. The van der Waals surface area contributed by atoms with E-state index in [0.717, 1.165) is 5.56 Å². The van der Waals surface area contributed by atoms with E-state index in [4.69, 9.17) is 9.47 Å². The molecule has 1 fully saturated rings. The number of aliphatic hydroxyl groups is 1. The van der Waals surface area contributed by atoms with Crippen LogP contribution in [0.1, 0.15) is 11.9 Å². The summed E-state index contributed by atoms with van der Waals surface area (Å²) in [7, 11) is 0. The maximum absolute atomic E-state index is 10.6. The molecule has 2 rings (SSSR count). The highest BCUT2D eigenvalue weighted by molar-refractivity contribution is 5.57. The molecule has 1 saturated heterocycles. The molecule has 1 aromatic carbocycles. The zero-order valence-corrected chi connectivity index (χ0v) is 8.08. The van der Waals surface area contributed by atoms with Crippen molar-refractivity contribution in [3.05, 3.63) is 35.9 Å². The van der Waals surface area contributed by atoms with E-state index in [2.05, 4.69) is 0 Å². The van der Waals surface area contributed by atoms with Gasteiger partial charge >= 0.3 is 0 Å². The second-order valence-electron chi connectivity index (χ2n) is 3.38. The van der Waals surface area contributed by atoms with E-state index >= 15 is 0 Å². The Labute approximate surface area is 87.4 Å². The van der Waals surface area contributed by atoms with E-state index in [1.165, 1.54) is 0 Å². The number of hydrogen-bond donors (Lipinski definition) is 1. The Morgan fingerprint density at radius 2 is 2.07 bits per heavy atom. The Hall–Kier alpha value is -1.23. The van der Waals surface area contributed by atoms with Crippen molar-refractivity contribution < 1.29 is 19.4 Å². The fraction of sp³-hybridized carbons (Fsp3) is 0.364. The average molecular weight is 208 g/mol. The summed E-state index contributed by atoms with van der Waals surface area (Å²) in [6, 6.07) is 9.32. The summed E-state index contributed by atoms with van der Waals surface area (Å²) >= 11 is 0. The first kappa shape index (κ1) is 10.3. The lowest BCUT2D eigenvalue weighted by Crippen LogP contribution is -2.41. The van der Waals surface area contributed by atoms with Gasteiger partial charge in [-0.2, -0.15) is 0 Å². The molecule has 1 aliphatic heterocycles. The molecule has 80 valence electrons. The zero-order valence-electron chi connectivity index (χ0n) is 8.08. The molecule has 15 heavy (non-hydrogen) atoms. The Kier molecular flexibility index (Phi) is 3.11. The van der Waals surface area contributed by atoms with Crippen LogP contribution in [0.4, 0.5) is 0 Å². The van der Waals surface area contributed by atoms with Crippen molar-refractivity contribution in [2.45, 2.75) is 18.5 Å². The van der Waals surface area contributed by atoms with E-state index in [-0.39, 0.29) is 6.61 Å². The van der Waals surface area contributed by atoms with Crippen LogP contribution in [-0.2, 0) is 14.3 Å². The molecule has 1 heterocycles. The number of rotatable bonds is 2. The second-order valence-corrected chi connectivity index (χ2v) is 3.38. The smallest absolute Gasteiger partial charge is 0.184 e. The number of aldehydes is 1. The molecule has 3 atom stereocenters. The van der Waals surface area contributed by atoms with Crippen molar-refractivity contribution in [3.63, 3.8) is 0 Å². The van der Waals surface area contributed by atoms with Crippen molar-refractivity contribution in [1.82, 2.24) is 0 Å². The van der Waals surface area contributed by atoms with Crippen molar-refractivity contribution in [1.29, 1.82) is 0 Å². The maximum atomic E-state index is 10.6. The van der Waals surface area contributed by atoms with Crippen LogP contribution < -0.4 is 0 Å². The summed E-state index contributed by atoms with van der Waals surface area (Å²) in [6.07, 6.45) is -1.64. The van der Waals surface area contributed by atoms with E-state index in [1.807, 2.05) is 30.3 Å². The van der Waals surface area contributed by atoms with Crippen molar-refractivity contribution in [3.8, 4) is 0 Å². The van der Waals surface area contributed by atoms with Gasteiger partial charge in [0.1, 0.15) is 12.2 Å². The quantitative estimate of drug-likeness (QED) is 0.725. The number of carbonyl (C=O) groups excluding carboxylic acids is 1. The van der Waals surface area contributed by atoms with Gasteiger partial charge in [-0.25, -0.2) is 0 Å². The van der Waals surface area contributed by atoms with Gasteiger partial charge < -0.3 is 19.4 Å². The third-order valence-electron chi connectivity index (χ3n) is 2.28. The topological polar surface area (TPSA) is 55.8 Å². The summed E-state index contributed by atoms with van der Waals surface area (Å²) < 4.78 is 10.6. The lowest BCUT2D eigenvalue weighted by Gasteiger charge is -2.31. The van der Waals surface area contributed by atoms with Gasteiger partial charge in [0, 0.05) is 5.56 Å². The summed E-state index contributed by atoms with van der Waals surface area (Å²) in [6.45, 7) is 0.114. The molecule has 0 aromatic heterocycles. The fourth-order valence-electron chi connectivity index (χ4n) is 1.46. The molecule has 0 aliphatic carbocycles. The SMILES string of the molecule is O=C[C@H]1O[C@@H](c2ccccc2)OC[C@H]1O. The minimum absolute atomic E-state index is 0.114. The molecule has 1 aliphatic rings. The van der Waals surface area contributed by atoms with Gasteiger partial charge in [0.25, 0.3) is 0 Å². The third kappa shape index (κ3) is 2.23. The molecule has 0 unspecified atom stereocenters. The predicted molar refractivity (Wildman–Crippen MR) is 52.1 cm³/mol. The number of aliphatic hydroxyl groups excluding tert-OH is 1. The van der Waals surface area contributed by atoms with Crippen LogP contribution in [0.2, 0.25) is 0 Å². The predicted octanol–water partition coefficient (Wildman–Crippen LogP) is 0.660. The van der Waals surface area contributed by atoms with Crippen molar-refractivity contribution >= 4 is 6.29 Å². The zero-order chi connectivity index (χ0) is 10.7. The van der Waals surface area contributed by atoms with E-state index in [1.54, 1.807) is 0 Å². The van der Waals surface area contributed by atoms with Gasteiger partial charge in [-0.3, -0.25) is 0 Å². The lowest BCUT2D eigenvalue weighted by molar-refractivity contribution is -0.246. The summed E-state index contributed by atoms with van der Waals surface area (Å²) in [5.41, 5.74) is 0.844. The van der Waals surface area contributed by atoms with Gasteiger partial charge in [0.05, 0.1) is 6.61 Å². The Balaban J connectivity index is 2.09. The van der Waals surface area contributed by atoms with Gasteiger partial charge in [-0.15, -0.1) is 0 Å². The van der Waals surface area contributed by atoms with Crippen LogP contribution in [0.3, 0.4) is 0 Å². The van der Waals surface area contributed by atoms with Gasteiger partial charge in [-0.1, -0.05) is 30.3 Å². The highest BCUT2D eigenvalue weighted by Gasteiger charge is 2.30. The summed E-state index contributed by atoms with van der Waals surface area (Å²) in [5, 5.41) is 9.35. The first-order chi connectivity index (χ1) is 7.31. The Bertz CT molecular complexity index is 325. The normalized spacial score (nSPS) is 31.1. The third-order valence-corrected chi connectivity index (χ3v) is 2.28. The van der Waals surface area contributed by atoms with Crippen LogP contribution in [0, 0.1) is 0 Å². The van der Waals surface area contributed by atoms with Gasteiger partial charge in [-0.05, 0) is 0 Å². The van der Waals surface area contributed by atoms with E-state index < -0.39 is 18.5 Å². The van der Waals surface area contributed by atoms with Crippen LogP contribution in [0.25, 0.3) is 0 Å². The van der Waals surface area contributed by atoms with Crippen LogP contribution >= 0.6 is 0 Å².